The molecule has 0 saturated heterocycles. The maximum absolute atomic E-state index is 13.8. The van der Waals surface area contributed by atoms with E-state index in [0.717, 1.165) is 12.0 Å². The average molecular weight is 470 g/mol. The highest BCUT2D eigenvalue weighted by Crippen LogP contribution is 2.24. The van der Waals surface area contributed by atoms with Gasteiger partial charge in [-0.3, -0.25) is 19.0 Å². The summed E-state index contributed by atoms with van der Waals surface area (Å²) in [5.41, 5.74) is 3.49. The number of benzene rings is 3. The van der Waals surface area contributed by atoms with Crippen LogP contribution in [0.25, 0.3) is 10.9 Å². The average Bonchev–Trinajstić information content (AvgIpc) is 2.87. The molecule has 0 atom stereocenters. The summed E-state index contributed by atoms with van der Waals surface area (Å²) < 4.78 is 15.2. The predicted octanol–water partition coefficient (Wildman–Crippen LogP) is 4.29. The van der Waals surface area contributed by atoms with Crippen LogP contribution in [0.5, 0.6) is 0 Å². The first-order valence-corrected chi connectivity index (χ1v) is 11.5. The smallest absolute Gasteiger partial charge is 0.255 e. The van der Waals surface area contributed by atoms with Crippen LogP contribution in [0.4, 0.5) is 10.1 Å². The molecule has 0 bridgehead atoms. The van der Waals surface area contributed by atoms with Crippen LogP contribution in [0.3, 0.4) is 0 Å². The largest absolute Gasteiger partial charge is 0.334 e. The molecule has 4 aromatic rings. The topological polar surface area (TPSA) is 71.4 Å². The molecule has 2 amide bonds. The van der Waals surface area contributed by atoms with Crippen LogP contribution in [0, 0.1) is 12.7 Å². The van der Waals surface area contributed by atoms with Crippen LogP contribution < -0.4 is 10.9 Å². The highest BCUT2D eigenvalue weighted by molar-refractivity contribution is 6.06. The van der Waals surface area contributed by atoms with E-state index in [-0.39, 0.29) is 12.5 Å². The number of carbonyl (C=O) groups excluding carboxylic acids is 2. The van der Waals surface area contributed by atoms with E-state index in [9.17, 15) is 18.8 Å². The number of pyridine rings is 1. The molecule has 0 aliphatic carbocycles. The summed E-state index contributed by atoms with van der Waals surface area (Å²) in [6.45, 7) is 2.43. The molecule has 0 unspecified atom stereocenters. The van der Waals surface area contributed by atoms with Crippen molar-refractivity contribution >= 4 is 28.4 Å². The Morgan fingerprint density at radius 2 is 1.71 bits per heavy atom. The van der Waals surface area contributed by atoms with Crippen molar-refractivity contribution in [2.24, 2.45) is 0 Å². The lowest BCUT2D eigenvalue weighted by Crippen LogP contribution is -2.37. The molecule has 1 N–H and O–H groups in total. The first-order valence-electron chi connectivity index (χ1n) is 11.5. The highest BCUT2D eigenvalue weighted by atomic mass is 19.1. The summed E-state index contributed by atoms with van der Waals surface area (Å²) in [6.07, 6.45) is 0.761. The third-order valence-electron chi connectivity index (χ3n) is 6.42. The molecule has 1 aromatic heterocycles. The van der Waals surface area contributed by atoms with Gasteiger partial charge in [-0.1, -0.05) is 48.5 Å². The fraction of sp³-hybridized carbons (Fsp3) is 0.179. The van der Waals surface area contributed by atoms with E-state index in [1.165, 1.54) is 22.3 Å². The summed E-state index contributed by atoms with van der Waals surface area (Å²) in [5.74, 6) is -1.10. The fourth-order valence-corrected chi connectivity index (χ4v) is 4.53. The third-order valence-corrected chi connectivity index (χ3v) is 6.42. The normalized spacial score (nSPS) is 12.9. The van der Waals surface area contributed by atoms with Crippen LogP contribution in [0.1, 0.15) is 27.0 Å². The van der Waals surface area contributed by atoms with Gasteiger partial charge in [0.05, 0.1) is 11.1 Å². The number of hydrogen-bond acceptors (Lipinski definition) is 3. The van der Waals surface area contributed by atoms with Crippen LogP contribution >= 0.6 is 0 Å². The Morgan fingerprint density at radius 3 is 2.51 bits per heavy atom. The second-order valence-corrected chi connectivity index (χ2v) is 8.76. The highest BCUT2D eigenvalue weighted by Gasteiger charge is 2.24. The Kier molecular flexibility index (Phi) is 5.91. The second-order valence-electron chi connectivity index (χ2n) is 8.76. The van der Waals surface area contributed by atoms with Gasteiger partial charge in [-0.25, -0.2) is 4.39 Å². The zero-order valence-electron chi connectivity index (χ0n) is 19.3. The number of aryl methyl sites for hydroxylation is 1. The van der Waals surface area contributed by atoms with Crippen molar-refractivity contribution in [2.75, 3.05) is 11.9 Å². The molecule has 5 rings (SSSR count). The molecular weight excluding hydrogens is 445 g/mol. The van der Waals surface area contributed by atoms with E-state index in [1.54, 1.807) is 48.2 Å². The molecule has 35 heavy (non-hydrogen) atoms. The van der Waals surface area contributed by atoms with E-state index < -0.39 is 17.3 Å². The number of anilines is 1. The van der Waals surface area contributed by atoms with Gasteiger partial charge < -0.3 is 10.2 Å². The van der Waals surface area contributed by atoms with Crippen molar-refractivity contribution in [2.45, 2.75) is 26.4 Å². The Bertz CT molecular complexity index is 1530. The van der Waals surface area contributed by atoms with Gasteiger partial charge in [0.25, 0.3) is 11.5 Å². The van der Waals surface area contributed by atoms with Crippen LogP contribution in [0.2, 0.25) is 0 Å². The van der Waals surface area contributed by atoms with Crippen LogP contribution in [-0.2, 0) is 24.3 Å². The van der Waals surface area contributed by atoms with Gasteiger partial charge in [0.2, 0.25) is 5.91 Å². The Labute approximate surface area is 201 Å². The van der Waals surface area contributed by atoms with Crippen molar-refractivity contribution in [3.63, 3.8) is 0 Å². The standard InChI is InChI=1S/C28H24FN3O3/c1-18-10-11-21(14-24(18)29)30-26(33)17-32-25-9-5-4-8-22(25)23(15-27(32)34)28(35)31-13-12-19-6-2-3-7-20(19)16-31/h2-11,14-15H,12-13,16-17H2,1H3,(H,30,33). The Hall–Kier alpha value is -4.26. The monoisotopic (exact) mass is 469 g/mol. The van der Waals surface area contributed by atoms with Crippen molar-refractivity contribution in [3.05, 3.63) is 111 Å². The number of amides is 2. The quantitative estimate of drug-likeness (QED) is 0.485. The number of rotatable bonds is 4. The molecule has 3 aromatic carbocycles. The van der Waals surface area contributed by atoms with Crippen LogP contribution in [-0.4, -0.2) is 27.8 Å². The van der Waals surface area contributed by atoms with Gasteiger partial charge in [-0.2, -0.15) is 0 Å². The van der Waals surface area contributed by atoms with E-state index in [0.29, 0.717) is 40.8 Å². The number of halogens is 1. The lowest BCUT2D eigenvalue weighted by atomic mass is 9.98. The molecule has 0 fully saturated rings. The van der Waals surface area contributed by atoms with E-state index >= 15 is 0 Å². The van der Waals surface area contributed by atoms with Gasteiger partial charge in [0, 0.05) is 30.2 Å². The molecule has 7 heteroatoms. The van der Waals surface area contributed by atoms with Crippen LogP contribution in [0.15, 0.2) is 77.6 Å². The van der Waals surface area contributed by atoms with Gasteiger partial charge in [0.1, 0.15) is 12.4 Å². The molecular formula is C28H24FN3O3. The zero-order chi connectivity index (χ0) is 24.5. The first kappa shape index (κ1) is 22.5. The number of hydrogen-bond donors (Lipinski definition) is 1. The maximum atomic E-state index is 13.8. The SMILES string of the molecule is Cc1ccc(NC(=O)Cn2c(=O)cc(C(=O)N3CCc4ccccc4C3)c3ccccc32)cc1F. The molecule has 0 radical (unpaired) electrons. The number of aromatic nitrogens is 1. The molecule has 6 nitrogen and oxygen atoms in total. The number of para-hydroxylation sites is 1. The summed E-state index contributed by atoms with van der Waals surface area (Å²) >= 11 is 0. The fourth-order valence-electron chi connectivity index (χ4n) is 4.53. The summed E-state index contributed by atoms with van der Waals surface area (Å²) in [4.78, 5) is 41.0. The van der Waals surface area contributed by atoms with Gasteiger partial charge in [0.15, 0.2) is 0 Å². The first-order chi connectivity index (χ1) is 16.9. The van der Waals surface area contributed by atoms with Crippen molar-refractivity contribution < 1.29 is 14.0 Å². The molecule has 2 heterocycles. The van der Waals surface area contributed by atoms with Crippen molar-refractivity contribution in [1.29, 1.82) is 0 Å². The molecule has 176 valence electrons. The lowest BCUT2D eigenvalue weighted by Gasteiger charge is -2.29. The Morgan fingerprint density at radius 1 is 0.971 bits per heavy atom. The number of nitrogens with zero attached hydrogens (tertiary/aromatic N) is 2. The molecule has 0 saturated carbocycles. The van der Waals surface area contributed by atoms with E-state index in [4.69, 9.17) is 0 Å². The third kappa shape index (κ3) is 4.45. The molecule has 1 aliphatic heterocycles. The Balaban J connectivity index is 1.44. The van der Waals surface area contributed by atoms with Crippen molar-refractivity contribution in [3.8, 4) is 0 Å². The maximum Gasteiger partial charge on any atom is 0.255 e. The van der Waals surface area contributed by atoms with E-state index in [1.807, 2.05) is 18.2 Å². The van der Waals surface area contributed by atoms with Crippen molar-refractivity contribution in [1.82, 2.24) is 9.47 Å². The number of carbonyl (C=O) groups is 2. The van der Waals surface area contributed by atoms with Gasteiger partial charge in [-0.15, -0.1) is 0 Å². The van der Waals surface area contributed by atoms with Gasteiger partial charge in [-0.05, 0) is 48.2 Å². The number of fused-ring (bicyclic) bond motifs is 2. The lowest BCUT2D eigenvalue weighted by molar-refractivity contribution is -0.116. The minimum atomic E-state index is -0.466. The second kappa shape index (κ2) is 9.18. The predicted molar refractivity (Wildman–Crippen MR) is 133 cm³/mol. The molecule has 0 spiro atoms. The summed E-state index contributed by atoms with van der Waals surface area (Å²) in [7, 11) is 0. The number of nitrogens with one attached hydrogen (secondary N) is 1. The van der Waals surface area contributed by atoms with E-state index in [2.05, 4.69) is 11.4 Å². The summed E-state index contributed by atoms with van der Waals surface area (Å²) in [6, 6.07) is 20.8. The summed E-state index contributed by atoms with van der Waals surface area (Å²) in [5, 5.41) is 3.24. The zero-order valence-corrected chi connectivity index (χ0v) is 19.3. The minimum absolute atomic E-state index is 0.209. The minimum Gasteiger partial charge on any atom is -0.334 e. The molecule has 1 aliphatic rings. The van der Waals surface area contributed by atoms with Gasteiger partial charge >= 0.3 is 0 Å².